The van der Waals surface area contributed by atoms with Gasteiger partial charge in [0, 0.05) is 45.0 Å². The number of aryl methyl sites for hydroxylation is 1. The molecule has 0 bridgehead atoms. The highest BCUT2D eigenvalue weighted by Crippen LogP contribution is 2.49. The average molecular weight is 692 g/mol. The van der Waals surface area contributed by atoms with Crippen molar-refractivity contribution in [1.82, 2.24) is 33.8 Å². The van der Waals surface area contributed by atoms with Gasteiger partial charge in [0.2, 0.25) is 21.8 Å². The summed E-state index contributed by atoms with van der Waals surface area (Å²) in [5.41, 5.74) is 0.832. The second-order valence-corrected chi connectivity index (χ2v) is 13.0. The maximum absolute atomic E-state index is 14.8. The fourth-order valence-corrected chi connectivity index (χ4v) is 6.87. The summed E-state index contributed by atoms with van der Waals surface area (Å²) in [6.45, 7) is 0.439. The molecule has 3 aromatic rings. The number of rotatable bonds is 13. The number of alkyl halides is 4. The highest BCUT2D eigenvalue weighted by atomic mass is 32.2. The lowest BCUT2D eigenvalue weighted by Gasteiger charge is -2.25. The van der Waals surface area contributed by atoms with Gasteiger partial charge in [-0.25, -0.2) is 31.6 Å². The number of benzene rings is 1. The first kappa shape index (κ1) is 33.0. The second-order valence-electron chi connectivity index (χ2n) is 11.1. The lowest BCUT2D eigenvalue weighted by molar-refractivity contribution is -0.0527. The molecule has 0 radical (unpaired) electrons. The SMILES string of the molecule is C=C(CCS(=O)(=O)N[C@@H]1COc2c(-c3nc4n(Cc5ccccc5)cccc-4c3-c3cn(C)nc3OC(F)F)c(C(F)F)nn2C1)OC.[HH]. The summed E-state index contributed by atoms with van der Waals surface area (Å²) in [5.74, 6) is -0.148. The number of hydrogen-bond donors (Lipinski definition) is 1. The first-order chi connectivity index (χ1) is 22.9. The van der Waals surface area contributed by atoms with Gasteiger partial charge in [-0.05, 0) is 17.7 Å². The van der Waals surface area contributed by atoms with E-state index < -0.39 is 40.7 Å². The number of pyridine rings is 1. The first-order valence-electron chi connectivity index (χ1n) is 14.7. The van der Waals surface area contributed by atoms with Crippen LogP contribution in [-0.2, 0) is 34.9 Å². The molecule has 0 aliphatic carbocycles. The minimum atomic E-state index is -3.82. The number of aromatic nitrogens is 6. The van der Waals surface area contributed by atoms with Crippen molar-refractivity contribution in [2.45, 2.75) is 38.6 Å². The summed E-state index contributed by atoms with van der Waals surface area (Å²) >= 11 is 0. The zero-order chi connectivity index (χ0) is 34.2. The van der Waals surface area contributed by atoms with E-state index in [0.717, 1.165) is 10.2 Å². The summed E-state index contributed by atoms with van der Waals surface area (Å²) in [5, 5.41) is 8.17. The van der Waals surface area contributed by atoms with Gasteiger partial charge < -0.3 is 18.8 Å². The van der Waals surface area contributed by atoms with Crippen molar-refractivity contribution >= 4 is 10.0 Å². The lowest BCUT2D eigenvalue weighted by Crippen LogP contribution is -2.45. The van der Waals surface area contributed by atoms with Crippen LogP contribution < -0.4 is 14.2 Å². The topological polar surface area (TPSA) is 127 Å². The zero-order valence-corrected chi connectivity index (χ0v) is 26.6. The standard InChI is InChI=1S/C31H31F4N7O5S.H2/c1-18(45-3)11-13-48(43,44)39-20-15-42-30(46-17-20)24(26(37-42)27(32)33)25-23(22-16-40(2)38-29(22)47-31(34)35)21-10-7-12-41(28(21)36-25)14-19-8-5-4-6-9-19;/h4-10,12,16,20,27,31,39H,1,11,13-15,17H2,2-3H3;1H/t20-;/m0./s1. The van der Waals surface area contributed by atoms with E-state index in [9.17, 15) is 26.0 Å². The molecule has 1 N–H and O–H groups in total. The molecule has 5 heterocycles. The van der Waals surface area contributed by atoms with Crippen molar-refractivity contribution in [1.29, 1.82) is 0 Å². The quantitative estimate of drug-likeness (QED) is 0.130. The summed E-state index contributed by atoms with van der Waals surface area (Å²) in [4.78, 5) is 4.82. The monoisotopic (exact) mass is 691 g/mol. The van der Waals surface area contributed by atoms with Crippen LogP contribution in [0.1, 0.15) is 25.5 Å². The number of fused-ring (bicyclic) bond motifs is 2. The van der Waals surface area contributed by atoms with Gasteiger partial charge in [-0.1, -0.05) is 36.9 Å². The Bertz CT molecular complexity index is 2020. The van der Waals surface area contributed by atoms with Crippen LogP contribution in [0.15, 0.2) is 67.2 Å². The summed E-state index contributed by atoms with van der Waals surface area (Å²) < 4.78 is 104. The number of hydrogen-bond acceptors (Lipinski definition) is 8. The van der Waals surface area contributed by atoms with Crippen molar-refractivity contribution in [2.75, 3.05) is 19.5 Å². The Balaban J connectivity index is 0.00000468. The van der Waals surface area contributed by atoms with Gasteiger partial charge in [-0.3, -0.25) is 4.68 Å². The van der Waals surface area contributed by atoms with Crippen molar-refractivity contribution in [3.05, 3.63) is 78.5 Å². The Morgan fingerprint density at radius 3 is 2.60 bits per heavy atom. The average Bonchev–Trinajstić information content (AvgIpc) is 3.72. The summed E-state index contributed by atoms with van der Waals surface area (Å²) in [6, 6.07) is 12.1. The Morgan fingerprint density at radius 2 is 1.90 bits per heavy atom. The predicted molar refractivity (Wildman–Crippen MR) is 168 cm³/mol. The van der Waals surface area contributed by atoms with Crippen molar-refractivity contribution in [3.8, 4) is 45.5 Å². The van der Waals surface area contributed by atoms with Crippen LogP contribution in [0.2, 0.25) is 0 Å². The van der Waals surface area contributed by atoms with Gasteiger partial charge in [-0.15, -0.1) is 5.10 Å². The van der Waals surface area contributed by atoms with Crippen molar-refractivity contribution in [2.24, 2.45) is 7.05 Å². The van der Waals surface area contributed by atoms with Crippen LogP contribution in [0.4, 0.5) is 17.6 Å². The molecule has 3 aliphatic heterocycles. The molecule has 0 unspecified atom stereocenters. The lowest BCUT2D eigenvalue weighted by atomic mass is 9.98. The van der Waals surface area contributed by atoms with E-state index in [4.69, 9.17) is 19.2 Å². The van der Waals surface area contributed by atoms with Crippen LogP contribution >= 0.6 is 0 Å². The minimum absolute atomic E-state index is 0. The summed E-state index contributed by atoms with van der Waals surface area (Å²) in [6.07, 6.45) is 0.160. The van der Waals surface area contributed by atoms with Crippen LogP contribution in [0.3, 0.4) is 0 Å². The number of nitrogens with one attached hydrogen (secondary N) is 1. The normalized spacial score (nSPS) is 14.8. The van der Waals surface area contributed by atoms with Crippen LogP contribution in [0.25, 0.3) is 33.8 Å². The molecule has 2 aromatic heterocycles. The zero-order valence-electron chi connectivity index (χ0n) is 25.8. The number of halogens is 4. The highest BCUT2D eigenvalue weighted by molar-refractivity contribution is 7.89. The summed E-state index contributed by atoms with van der Waals surface area (Å²) in [7, 11) is -0.929. The third-order valence-corrected chi connectivity index (χ3v) is 9.14. The fourth-order valence-electron chi connectivity index (χ4n) is 5.61. The van der Waals surface area contributed by atoms with E-state index in [2.05, 4.69) is 21.5 Å². The Kier molecular flexibility index (Phi) is 9.15. The number of ether oxygens (including phenoxy) is 3. The first-order valence-corrected chi connectivity index (χ1v) is 16.3. The smallest absolute Gasteiger partial charge is 0.388 e. The highest BCUT2D eigenvalue weighted by Gasteiger charge is 2.37. The van der Waals surface area contributed by atoms with Gasteiger partial charge in [-0.2, -0.15) is 13.9 Å². The van der Waals surface area contributed by atoms with Crippen LogP contribution in [-0.4, -0.2) is 69.7 Å². The van der Waals surface area contributed by atoms with Crippen LogP contribution in [0, 0.1) is 0 Å². The number of methoxy groups -OCH3 is 1. The van der Waals surface area contributed by atoms with Gasteiger partial charge in [0.25, 0.3) is 6.43 Å². The third kappa shape index (κ3) is 6.73. The maximum Gasteiger partial charge on any atom is 0.388 e. The number of sulfonamides is 1. The molecule has 48 heavy (non-hydrogen) atoms. The Hall–Kier alpha value is -4.90. The minimum Gasteiger partial charge on any atom is -0.502 e. The number of allylic oxidation sites excluding steroid dienone is 1. The Labute approximate surface area is 274 Å². The van der Waals surface area contributed by atoms with E-state index in [0.29, 0.717) is 17.9 Å². The van der Waals surface area contributed by atoms with Gasteiger partial charge in [0.15, 0.2) is 0 Å². The third-order valence-electron chi connectivity index (χ3n) is 7.70. The molecule has 256 valence electrons. The molecular weight excluding hydrogens is 658 g/mol. The molecule has 17 heteroatoms. The van der Waals surface area contributed by atoms with E-state index >= 15 is 0 Å². The fraction of sp³-hybridized carbons (Fsp3) is 0.323. The van der Waals surface area contributed by atoms with E-state index in [1.165, 1.54) is 25.0 Å². The van der Waals surface area contributed by atoms with Gasteiger partial charge >= 0.3 is 6.61 Å². The molecule has 3 aliphatic rings. The largest absolute Gasteiger partial charge is 0.502 e. The maximum atomic E-state index is 14.8. The number of nitrogens with zero attached hydrogens (tertiary/aromatic N) is 6. The molecule has 6 rings (SSSR count). The van der Waals surface area contributed by atoms with Crippen molar-refractivity contribution in [3.63, 3.8) is 0 Å². The molecule has 1 aromatic carbocycles. The van der Waals surface area contributed by atoms with E-state index in [1.54, 1.807) is 18.3 Å². The van der Waals surface area contributed by atoms with Gasteiger partial charge in [0.1, 0.15) is 18.1 Å². The molecule has 0 amide bonds. The molecule has 0 spiro atoms. The molecule has 0 saturated heterocycles. The van der Waals surface area contributed by atoms with Crippen LogP contribution in [0.5, 0.6) is 11.8 Å². The molecule has 0 saturated carbocycles. The molecule has 1 atom stereocenters. The van der Waals surface area contributed by atoms with Crippen molar-refractivity contribution < 1.29 is 41.6 Å². The van der Waals surface area contributed by atoms with Gasteiger partial charge in [0.05, 0.1) is 48.0 Å². The van der Waals surface area contributed by atoms with E-state index in [-0.39, 0.29) is 60.8 Å². The predicted octanol–water partition coefficient (Wildman–Crippen LogP) is 5.32. The second kappa shape index (κ2) is 13.3. The van der Waals surface area contributed by atoms with E-state index in [1.807, 2.05) is 34.9 Å². The molecule has 12 nitrogen and oxygen atoms in total. The molecular formula is C31H33F4N7O5S. The Morgan fingerprint density at radius 1 is 1.12 bits per heavy atom. The molecule has 0 fully saturated rings.